The van der Waals surface area contributed by atoms with Crippen molar-refractivity contribution in [2.24, 2.45) is 5.92 Å². The Labute approximate surface area is 134 Å². The molecule has 0 radical (unpaired) electrons. The molecule has 22 heavy (non-hydrogen) atoms. The second kappa shape index (κ2) is 5.16. The van der Waals surface area contributed by atoms with Gasteiger partial charge in [0.2, 0.25) is 5.95 Å². The Morgan fingerprint density at radius 2 is 2.14 bits per heavy atom. The summed E-state index contributed by atoms with van der Waals surface area (Å²) in [5, 5.41) is 0.375. The van der Waals surface area contributed by atoms with E-state index < -0.39 is 0 Å². The number of hydrogen-bond acceptors (Lipinski definition) is 5. The molecule has 2 aromatic rings. The number of nitrogens with zero attached hydrogens (tertiary/aromatic N) is 3. The fourth-order valence-electron chi connectivity index (χ4n) is 2.92. The van der Waals surface area contributed by atoms with Crippen LogP contribution >= 0.6 is 11.6 Å². The zero-order valence-electron chi connectivity index (χ0n) is 12.5. The topological polar surface area (TPSA) is 68.2 Å². The molecule has 5 nitrogen and oxygen atoms in total. The molecule has 2 atom stereocenters. The number of nitrogens with two attached hydrogens (primary N) is 1. The lowest BCUT2D eigenvalue weighted by Gasteiger charge is -2.22. The van der Waals surface area contributed by atoms with Gasteiger partial charge in [-0.25, -0.2) is 4.98 Å². The Hall–Kier alpha value is -1.75. The Kier molecular flexibility index (Phi) is 3.26. The minimum atomic E-state index is 0.208. The van der Waals surface area contributed by atoms with Crippen LogP contribution in [0.2, 0.25) is 5.15 Å². The molecule has 116 valence electrons. The first-order chi connectivity index (χ1) is 10.6. The van der Waals surface area contributed by atoms with Crippen molar-refractivity contribution in [3.63, 3.8) is 0 Å². The molecule has 0 unspecified atom stereocenters. The van der Waals surface area contributed by atoms with Crippen LogP contribution in [-0.4, -0.2) is 16.0 Å². The van der Waals surface area contributed by atoms with Crippen LogP contribution in [0.3, 0.4) is 0 Å². The summed E-state index contributed by atoms with van der Waals surface area (Å²) in [6.45, 7) is 2.95. The van der Waals surface area contributed by atoms with Gasteiger partial charge in [-0.05, 0) is 37.3 Å². The first kappa shape index (κ1) is 13.9. The number of furan rings is 1. The summed E-state index contributed by atoms with van der Waals surface area (Å²) < 4.78 is 6.02. The molecule has 0 saturated heterocycles. The smallest absolute Gasteiger partial charge is 0.223 e. The number of aromatic nitrogens is 2. The lowest BCUT2D eigenvalue weighted by molar-refractivity contribution is 0.456. The average molecular weight is 319 g/mol. The summed E-state index contributed by atoms with van der Waals surface area (Å²) in [5.74, 6) is 4.41. The van der Waals surface area contributed by atoms with Crippen LogP contribution < -0.4 is 10.6 Å². The maximum atomic E-state index is 6.02. The van der Waals surface area contributed by atoms with Crippen LogP contribution in [0.5, 0.6) is 0 Å². The van der Waals surface area contributed by atoms with E-state index in [0.717, 1.165) is 36.1 Å². The van der Waals surface area contributed by atoms with Crippen molar-refractivity contribution in [3.05, 3.63) is 34.9 Å². The number of nitrogen functional groups attached to an aromatic ring is 1. The van der Waals surface area contributed by atoms with Gasteiger partial charge in [-0.3, -0.25) is 0 Å². The molecular weight excluding hydrogens is 300 g/mol. The fourth-order valence-corrected chi connectivity index (χ4v) is 3.10. The van der Waals surface area contributed by atoms with E-state index in [4.69, 9.17) is 21.8 Å². The maximum absolute atomic E-state index is 6.02. The summed E-state index contributed by atoms with van der Waals surface area (Å²) in [4.78, 5) is 10.5. The lowest BCUT2D eigenvalue weighted by atomic mass is 10.3. The van der Waals surface area contributed by atoms with Gasteiger partial charge in [-0.2, -0.15) is 4.98 Å². The molecule has 2 aromatic heterocycles. The van der Waals surface area contributed by atoms with Gasteiger partial charge in [0.1, 0.15) is 22.5 Å². The number of halogens is 1. The predicted octanol–water partition coefficient (Wildman–Crippen LogP) is 3.60. The van der Waals surface area contributed by atoms with Crippen molar-refractivity contribution < 1.29 is 4.42 Å². The van der Waals surface area contributed by atoms with Crippen molar-refractivity contribution in [1.82, 2.24) is 9.97 Å². The zero-order chi connectivity index (χ0) is 15.3. The van der Waals surface area contributed by atoms with Crippen molar-refractivity contribution in [3.8, 4) is 0 Å². The van der Waals surface area contributed by atoms with Gasteiger partial charge in [0.25, 0.3) is 0 Å². The largest absolute Gasteiger partial charge is 0.464 e. The van der Waals surface area contributed by atoms with Crippen LogP contribution in [0, 0.1) is 5.92 Å². The molecule has 2 aliphatic carbocycles. The van der Waals surface area contributed by atoms with E-state index in [1.54, 1.807) is 6.07 Å². The molecule has 2 heterocycles. The Balaban J connectivity index is 1.56. The molecular formula is C16H19ClN4O. The Morgan fingerprint density at radius 3 is 2.77 bits per heavy atom. The minimum absolute atomic E-state index is 0.208. The first-order valence-electron chi connectivity index (χ1n) is 7.75. The highest BCUT2D eigenvalue weighted by molar-refractivity contribution is 6.29. The third-order valence-corrected chi connectivity index (χ3v) is 4.66. The molecule has 2 fully saturated rings. The van der Waals surface area contributed by atoms with Gasteiger partial charge in [0.15, 0.2) is 0 Å². The normalized spacial score (nSPS) is 23.5. The van der Waals surface area contributed by atoms with E-state index in [9.17, 15) is 0 Å². The SMILES string of the molecule is C[C@@H]1C[C@H]1c1ccc(CN(c2cc(Cl)nc(N)n2)C2CC2)o1. The molecule has 4 rings (SSSR count). The van der Waals surface area contributed by atoms with Crippen molar-refractivity contribution in [2.75, 3.05) is 10.6 Å². The van der Waals surface area contributed by atoms with Gasteiger partial charge in [-0.1, -0.05) is 18.5 Å². The number of anilines is 2. The zero-order valence-corrected chi connectivity index (χ0v) is 13.3. The Morgan fingerprint density at radius 1 is 1.36 bits per heavy atom. The van der Waals surface area contributed by atoms with E-state index in [1.165, 1.54) is 6.42 Å². The van der Waals surface area contributed by atoms with E-state index in [1.807, 2.05) is 0 Å². The molecule has 0 aromatic carbocycles. The summed E-state index contributed by atoms with van der Waals surface area (Å²) >= 11 is 6.01. The average Bonchev–Trinajstić information content (AvgIpc) is 3.37. The fraction of sp³-hybridized carbons (Fsp3) is 0.500. The predicted molar refractivity (Wildman–Crippen MR) is 85.9 cm³/mol. The van der Waals surface area contributed by atoms with Crippen LogP contribution in [0.15, 0.2) is 22.6 Å². The van der Waals surface area contributed by atoms with Crippen molar-refractivity contribution >= 4 is 23.4 Å². The summed E-state index contributed by atoms with van der Waals surface area (Å²) in [6, 6.07) is 6.43. The van der Waals surface area contributed by atoms with Gasteiger partial charge >= 0.3 is 0 Å². The van der Waals surface area contributed by atoms with Crippen LogP contribution in [-0.2, 0) is 6.54 Å². The molecule has 2 saturated carbocycles. The molecule has 0 aliphatic heterocycles. The van der Waals surface area contributed by atoms with E-state index in [2.05, 4.69) is 33.9 Å². The minimum Gasteiger partial charge on any atom is -0.464 e. The van der Waals surface area contributed by atoms with Gasteiger partial charge in [0, 0.05) is 18.0 Å². The standard InChI is InChI=1S/C16H19ClN4O/c1-9-6-12(9)13-5-4-11(22-13)8-21(10-2-3-10)15-7-14(17)19-16(18)20-15/h4-5,7,9-10,12H,2-3,6,8H2,1H3,(H2,18,19,20)/t9-,12-/m1/s1. The molecule has 0 spiro atoms. The second-order valence-electron chi connectivity index (χ2n) is 6.39. The van der Waals surface area contributed by atoms with Crippen molar-refractivity contribution in [1.29, 1.82) is 0 Å². The molecule has 2 aliphatic rings. The highest BCUT2D eigenvalue weighted by Crippen LogP contribution is 2.47. The highest BCUT2D eigenvalue weighted by atomic mass is 35.5. The second-order valence-corrected chi connectivity index (χ2v) is 6.78. The number of hydrogen-bond donors (Lipinski definition) is 1. The Bertz CT molecular complexity index is 677. The van der Waals surface area contributed by atoms with Crippen molar-refractivity contribution in [2.45, 2.75) is 44.7 Å². The van der Waals surface area contributed by atoms with Gasteiger partial charge < -0.3 is 15.1 Å². The van der Waals surface area contributed by atoms with Crippen LogP contribution in [0.1, 0.15) is 43.6 Å². The summed E-state index contributed by atoms with van der Waals surface area (Å²) in [5.41, 5.74) is 5.72. The highest BCUT2D eigenvalue weighted by Gasteiger charge is 2.37. The molecule has 2 N–H and O–H groups in total. The molecule has 6 heteroatoms. The van der Waals surface area contributed by atoms with Crippen LogP contribution in [0.25, 0.3) is 0 Å². The molecule has 0 amide bonds. The molecule has 0 bridgehead atoms. The monoisotopic (exact) mass is 318 g/mol. The summed E-state index contributed by atoms with van der Waals surface area (Å²) in [6.07, 6.45) is 3.56. The quantitative estimate of drug-likeness (QED) is 0.853. The van der Waals surface area contributed by atoms with E-state index >= 15 is 0 Å². The van der Waals surface area contributed by atoms with Gasteiger partial charge in [-0.15, -0.1) is 0 Å². The third kappa shape index (κ3) is 2.77. The first-order valence-corrected chi connectivity index (χ1v) is 8.13. The van der Waals surface area contributed by atoms with E-state index in [-0.39, 0.29) is 5.95 Å². The lowest BCUT2D eigenvalue weighted by Crippen LogP contribution is -2.26. The van der Waals surface area contributed by atoms with E-state index in [0.29, 0.717) is 23.7 Å². The maximum Gasteiger partial charge on any atom is 0.223 e. The summed E-state index contributed by atoms with van der Waals surface area (Å²) in [7, 11) is 0. The third-order valence-electron chi connectivity index (χ3n) is 4.46. The van der Waals surface area contributed by atoms with Gasteiger partial charge in [0.05, 0.1) is 6.54 Å². The van der Waals surface area contributed by atoms with Crippen LogP contribution in [0.4, 0.5) is 11.8 Å². The number of rotatable bonds is 5.